The predicted molar refractivity (Wildman–Crippen MR) is 75.0 cm³/mol. The number of hydrogen-bond acceptors (Lipinski definition) is 2. The summed E-state index contributed by atoms with van der Waals surface area (Å²) in [6.07, 6.45) is 5.82. The van der Waals surface area contributed by atoms with Gasteiger partial charge < -0.3 is 5.73 Å². The molecule has 0 spiro atoms. The highest BCUT2D eigenvalue weighted by molar-refractivity contribution is 5.44. The SMILES string of the molecule is CCC(C)n1c(=O)c(N)c(C2CCCC2)n1CC. The first kappa shape index (κ1) is 13.2. The van der Waals surface area contributed by atoms with Crippen molar-refractivity contribution in [1.29, 1.82) is 0 Å². The van der Waals surface area contributed by atoms with Crippen LogP contribution in [-0.2, 0) is 6.54 Å². The van der Waals surface area contributed by atoms with E-state index < -0.39 is 0 Å². The molecule has 1 aromatic heterocycles. The molecule has 0 radical (unpaired) electrons. The van der Waals surface area contributed by atoms with E-state index in [0.717, 1.165) is 18.7 Å². The Morgan fingerprint density at radius 1 is 1.33 bits per heavy atom. The summed E-state index contributed by atoms with van der Waals surface area (Å²) in [5, 5.41) is 0. The fourth-order valence-corrected chi connectivity index (χ4v) is 3.16. The van der Waals surface area contributed by atoms with Crippen molar-refractivity contribution in [2.45, 2.75) is 71.4 Å². The minimum absolute atomic E-state index is 0.00750. The van der Waals surface area contributed by atoms with E-state index in [2.05, 4.69) is 25.5 Å². The van der Waals surface area contributed by atoms with E-state index in [1.54, 1.807) is 0 Å². The zero-order valence-electron chi connectivity index (χ0n) is 11.8. The minimum Gasteiger partial charge on any atom is -0.393 e. The van der Waals surface area contributed by atoms with E-state index >= 15 is 0 Å². The largest absolute Gasteiger partial charge is 0.393 e. The molecule has 1 aliphatic carbocycles. The third kappa shape index (κ3) is 1.98. The minimum atomic E-state index is 0.00750. The van der Waals surface area contributed by atoms with Gasteiger partial charge in [0, 0.05) is 12.5 Å². The highest BCUT2D eigenvalue weighted by atomic mass is 16.1. The second-order valence-corrected chi connectivity index (χ2v) is 5.40. The van der Waals surface area contributed by atoms with E-state index in [4.69, 9.17) is 5.73 Å². The van der Waals surface area contributed by atoms with Gasteiger partial charge >= 0.3 is 0 Å². The Kier molecular flexibility index (Phi) is 3.83. The smallest absolute Gasteiger partial charge is 0.290 e. The molecular weight excluding hydrogens is 226 g/mol. The second kappa shape index (κ2) is 5.21. The molecule has 0 saturated heterocycles. The summed E-state index contributed by atoms with van der Waals surface area (Å²) in [5.41, 5.74) is 7.69. The van der Waals surface area contributed by atoms with Crippen molar-refractivity contribution >= 4 is 5.69 Å². The van der Waals surface area contributed by atoms with Crippen molar-refractivity contribution in [2.24, 2.45) is 0 Å². The second-order valence-electron chi connectivity index (χ2n) is 5.40. The molecule has 2 N–H and O–H groups in total. The first-order chi connectivity index (χ1) is 8.61. The Labute approximate surface area is 109 Å². The molecule has 18 heavy (non-hydrogen) atoms. The summed E-state index contributed by atoms with van der Waals surface area (Å²) in [5.74, 6) is 0.489. The molecule has 102 valence electrons. The number of anilines is 1. The van der Waals surface area contributed by atoms with Crippen LogP contribution >= 0.6 is 0 Å². The maximum Gasteiger partial charge on any atom is 0.290 e. The molecule has 2 rings (SSSR count). The fourth-order valence-electron chi connectivity index (χ4n) is 3.16. The topological polar surface area (TPSA) is 52.9 Å². The van der Waals surface area contributed by atoms with Crippen molar-refractivity contribution in [3.05, 3.63) is 16.0 Å². The highest BCUT2D eigenvalue weighted by Gasteiger charge is 2.27. The highest BCUT2D eigenvalue weighted by Crippen LogP contribution is 2.36. The molecule has 0 aromatic carbocycles. The quantitative estimate of drug-likeness (QED) is 0.894. The van der Waals surface area contributed by atoms with Crippen LogP contribution in [0.3, 0.4) is 0 Å². The molecular formula is C14H25N3O. The Morgan fingerprint density at radius 3 is 2.44 bits per heavy atom. The molecule has 1 atom stereocenters. The standard InChI is InChI=1S/C14H25N3O/c1-4-10(3)17-14(18)12(15)13(16(17)5-2)11-8-6-7-9-11/h10-11H,4-9,15H2,1-3H3. The lowest BCUT2D eigenvalue weighted by atomic mass is 10.0. The number of nitrogens with zero attached hydrogens (tertiary/aromatic N) is 2. The summed E-state index contributed by atoms with van der Waals surface area (Å²) in [6.45, 7) is 7.11. The van der Waals surface area contributed by atoms with Crippen molar-refractivity contribution in [3.8, 4) is 0 Å². The summed E-state index contributed by atoms with van der Waals surface area (Å²) in [6, 6.07) is 0.218. The van der Waals surface area contributed by atoms with Crippen molar-refractivity contribution in [1.82, 2.24) is 9.36 Å². The van der Waals surface area contributed by atoms with Gasteiger partial charge in [0.25, 0.3) is 5.56 Å². The molecule has 4 heteroatoms. The van der Waals surface area contributed by atoms with Gasteiger partial charge in [0.05, 0.1) is 11.7 Å². The van der Waals surface area contributed by atoms with Gasteiger partial charge in [0.2, 0.25) is 0 Å². The van der Waals surface area contributed by atoms with Crippen LogP contribution in [0.4, 0.5) is 5.69 Å². The molecule has 0 aliphatic heterocycles. The van der Waals surface area contributed by atoms with Crippen LogP contribution in [-0.4, -0.2) is 9.36 Å². The first-order valence-electron chi connectivity index (χ1n) is 7.22. The van der Waals surface area contributed by atoms with Gasteiger partial charge in [-0.15, -0.1) is 0 Å². The molecule has 1 unspecified atom stereocenters. The van der Waals surface area contributed by atoms with Crippen molar-refractivity contribution in [3.63, 3.8) is 0 Å². The zero-order chi connectivity index (χ0) is 13.3. The van der Waals surface area contributed by atoms with Gasteiger partial charge in [-0.1, -0.05) is 19.8 Å². The number of nitrogens with two attached hydrogens (primary N) is 1. The van der Waals surface area contributed by atoms with Gasteiger partial charge in [0.15, 0.2) is 0 Å². The third-order valence-corrected chi connectivity index (χ3v) is 4.30. The number of hydrogen-bond donors (Lipinski definition) is 1. The molecule has 0 bridgehead atoms. The monoisotopic (exact) mass is 251 g/mol. The molecule has 1 saturated carbocycles. The lowest BCUT2D eigenvalue weighted by molar-refractivity contribution is 0.366. The summed E-state index contributed by atoms with van der Waals surface area (Å²) in [4.78, 5) is 12.3. The van der Waals surface area contributed by atoms with Crippen LogP contribution < -0.4 is 11.3 Å². The maximum absolute atomic E-state index is 12.3. The van der Waals surface area contributed by atoms with Gasteiger partial charge in [0.1, 0.15) is 5.69 Å². The number of aromatic nitrogens is 2. The first-order valence-corrected chi connectivity index (χ1v) is 7.22. The predicted octanol–water partition coefficient (Wildman–Crippen LogP) is 2.88. The normalized spacial score (nSPS) is 18.4. The number of rotatable bonds is 4. The van der Waals surface area contributed by atoms with E-state index in [-0.39, 0.29) is 11.6 Å². The maximum atomic E-state index is 12.3. The summed E-state index contributed by atoms with van der Waals surface area (Å²) in [7, 11) is 0. The zero-order valence-corrected chi connectivity index (χ0v) is 11.8. The van der Waals surface area contributed by atoms with E-state index in [1.807, 2.05) is 4.68 Å². The molecule has 4 nitrogen and oxygen atoms in total. The van der Waals surface area contributed by atoms with Crippen LogP contribution in [0.15, 0.2) is 4.79 Å². The summed E-state index contributed by atoms with van der Waals surface area (Å²) < 4.78 is 3.99. The average Bonchev–Trinajstić information content (AvgIpc) is 2.96. The Hall–Kier alpha value is -1.19. The lowest BCUT2D eigenvalue weighted by Gasteiger charge is -2.20. The van der Waals surface area contributed by atoms with Gasteiger partial charge in [-0.2, -0.15) is 0 Å². The molecule has 1 fully saturated rings. The number of nitrogen functional groups attached to an aromatic ring is 1. The van der Waals surface area contributed by atoms with Gasteiger partial charge in [-0.05, 0) is 33.1 Å². The lowest BCUT2D eigenvalue weighted by Crippen LogP contribution is -2.26. The van der Waals surface area contributed by atoms with E-state index in [1.165, 1.54) is 25.7 Å². The van der Waals surface area contributed by atoms with Crippen molar-refractivity contribution in [2.75, 3.05) is 5.73 Å². The van der Waals surface area contributed by atoms with Crippen LogP contribution in [0, 0.1) is 0 Å². The molecule has 1 aromatic rings. The molecule has 1 heterocycles. The van der Waals surface area contributed by atoms with Crippen LogP contribution in [0.25, 0.3) is 0 Å². The Balaban J connectivity index is 2.55. The molecule has 1 aliphatic rings. The Morgan fingerprint density at radius 2 is 1.94 bits per heavy atom. The van der Waals surface area contributed by atoms with Crippen LogP contribution in [0.1, 0.15) is 70.5 Å². The van der Waals surface area contributed by atoms with Crippen LogP contribution in [0.5, 0.6) is 0 Å². The van der Waals surface area contributed by atoms with Crippen molar-refractivity contribution < 1.29 is 0 Å². The van der Waals surface area contributed by atoms with E-state index in [0.29, 0.717) is 11.6 Å². The molecule has 0 amide bonds. The summed E-state index contributed by atoms with van der Waals surface area (Å²) >= 11 is 0. The van der Waals surface area contributed by atoms with Gasteiger partial charge in [-0.25, -0.2) is 4.68 Å². The third-order valence-electron chi connectivity index (χ3n) is 4.30. The fraction of sp³-hybridized carbons (Fsp3) is 0.786. The van der Waals surface area contributed by atoms with Gasteiger partial charge in [-0.3, -0.25) is 9.48 Å². The van der Waals surface area contributed by atoms with Crippen LogP contribution in [0.2, 0.25) is 0 Å². The Bertz CT molecular complexity index is 466. The average molecular weight is 251 g/mol. The van der Waals surface area contributed by atoms with E-state index in [9.17, 15) is 4.79 Å².